The van der Waals surface area contributed by atoms with Gasteiger partial charge in [-0.15, -0.1) is 0 Å². The van der Waals surface area contributed by atoms with E-state index in [1.54, 1.807) is 12.0 Å². The monoisotopic (exact) mass is 413 g/mol. The Morgan fingerprint density at radius 3 is 2.19 bits per heavy atom. The summed E-state index contributed by atoms with van der Waals surface area (Å²) in [5.74, 6) is 1.55. The molecule has 0 aliphatic rings. The minimum atomic E-state index is -0.0775. The van der Waals surface area contributed by atoms with Crippen LogP contribution in [0, 0.1) is 0 Å². The van der Waals surface area contributed by atoms with Gasteiger partial charge in [-0.1, -0.05) is 47.6 Å². The van der Waals surface area contributed by atoms with Crippen molar-refractivity contribution < 1.29 is 14.1 Å². The second-order valence-corrected chi connectivity index (χ2v) is 7.00. The molecule has 4 aromatic rings. The number of aromatic nitrogens is 2. The van der Waals surface area contributed by atoms with E-state index in [0.29, 0.717) is 23.8 Å². The maximum atomic E-state index is 13.0. The fourth-order valence-electron chi connectivity index (χ4n) is 3.29. The van der Waals surface area contributed by atoms with Gasteiger partial charge in [0.15, 0.2) is 0 Å². The van der Waals surface area contributed by atoms with Crippen molar-refractivity contribution in [3.8, 4) is 28.3 Å². The number of ether oxygens (including phenoxy) is 1. The number of rotatable bonds is 7. The Bertz CT molecular complexity index is 1140. The van der Waals surface area contributed by atoms with E-state index in [9.17, 15) is 4.79 Å². The van der Waals surface area contributed by atoms with Gasteiger partial charge in [-0.25, -0.2) is 0 Å². The van der Waals surface area contributed by atoms with Crippen molar-refractivity contribution in [3.05, 3.63) is 90.3 Å². The summed E-state index contributed by atoms with van der Waals surface area (Å²) in [5, 5.41) is 4.04. The Hall–Kier alpha value is -3.93. The maximum absolute atomic E-state index is 13.0. The molecule has 6 heteroatoms. The summed E-state index contributed by atoms with van der Waals surface area (Å²) in [5.41, 5.74) is 3.63. The predicted octanol–water partition coefficient (Wildman–Crippen LogP) is 5.07. The quantitative estimate of drug-likeness (QED) is 0.423. The number of methoxy groups -OCH3 is 1. The normalized spacial score (nSPS) is 10.6. The fourth-order valence-corrected chi connectivity index (χ4v) is 3.29. The highest BCUT2D eigenvalue weighted by Crippen LogP contribution is 2.22. The highest BCUT2D eigenvalue weighted by atomic mass is 16.5. The van der Waals surface area contributed by atoms with E-state index in [1.165, 1.54) is 0 Å². The van der Waals surface area contributed by atoms with Crippen LogP contribution in [-0.2, 0) is 6.54 Å². The summed E-state index contributed by atoms with van der Waals surface area (Å²) in [6.45, 7) is 2.70. The van der Waals surface area contributed by atoms with Gasteiger partial charge in [-0.05, 0) is 54.4 Å². The lowest BCUT2D eigenvalue weighted by Crippen LogP contribution is -2.30. The van der Waals surface area contributed by atoms with Crippen molar-refractivity contribution in [2.45, 2.75) is 13.5 Å². The van der Waals surface area contributed by atoms with Crippen molar-refractivity contribution in [3.63, 3.8) is 0 Å². The molecule has 0 aliphatic heterocycles. The van der Waals surface area contributed by atoms with Gasteiger partial charge < -0.3 is 14.2 Å². The van der Waals surface area contributed by atoms with Crippen LogP contribution in [0.4, 0.5) is 0 Å². The second-order valence-electron chi connectivity index (χ2n) is 7.00. The summed E-state index contributed by atoms with van der Waals surface area (Å²) >= 11 is 0. The lowest BCUT2D eigenvalue weighted by molar-refractivity contribution is 0.0734. The van der Waals surface area contributed by atoms with Crippen LogP contribution in [0.5, 0.6) is 5.75 Å². The first-order valence-electron chi connectivity index (χ1n) is 10.1. The molecule has 6 nitrogen and oxygen atoms in total. The molecule has 0 unspecified atom stereocenters. The zero-order chi connectivity index (χ0) is 21.6. The summed E-state index contributed by atoms with van der Waals surface area (Å²) in [6.07, 6.45) is 0. The highest BCUT2D eigenvalue weighted by Gasteiger charge is 2.18. The number of carbonyl (C=O) groups is 1. The van der Waals surface area contributed by atoms with Gasteiger partial charge in [0.1, 0.15) is 12.3 Å². The van der Waals surface area contributed by atoms with Crippen LogP contribution in [0.25, 0.3) is 22.5 Å². The Morgan fingerprint density at radius 2 is 1.55 bits per heavy atom. The molecule has 1 aromatic heterocycles. The Balaban J connectivity index is 1.46. The average Bonchev–Trinajstić information content (AvgIpc) is 3.31. The van der Waals surface area contributed by atoms with Gasteiger partial charge in [0.05, 0.1) is 7.11 Å². The molecular formula is C25H23N3O3. The van der Waals surface area contributed by atoms with Crippen molar-refractivity contribution in [1.29, 1.82) is 0 Å². The van der Waals surface area contributed by atoms with Gasteiger partial charge in [0.25, 0.3) is 5.91 Å². The van der Waals surface area contributed by atoms with Gasteiger partial charge in [0.2, 0.25) is 11.7 Å². The minimum Gasteiger partial charge on any atom is -0.497 e. The van der Waals surface area contributed by atoms with E-state index in [-0.39, 0.29) is 12.5 Å². The zero-order valence-electron chi connectivity index (χ0n) is 17.5. The zero-order valence-corrected chi connectivity index (χ0v) is 17.5. The number of carbonyl (C=O) groups excluding carboxylic acids is 1. The molecule has 4 rings (SSSR count). The number of nitrogens with zero attached hydrogens (tertiary/aromatic N) is 3. The second kappa shape index (κ2) is 9.26. The molecule has 0 saturated carbocycles. The molecule has 0 fully saturated rings. The van der Waals surface area contributed by atoms with Gasteiger partial charge in [-0.3, -0.25) is 4.79 Å². The molecule has 3 aromatic carbocycles. The van der Waals surface area contributed by atoms with Crippen molar-refractivity contribution in [2.24, 2.45) is 0 Å². The van der Waals surface area contributed by atoms with E-state index in [1.807, 2.05) is 85.8 Å². The summed E-state index contributed by atoms with van der Waals surface area (Å²) in [6, 6.07) is 25.1. The minimum absolute atomic E-state index is 0.0775. The Morgan fingerprint density at radius 1 is 0.903 bits per heavy atom. The molecule has 0 saturated heterocycles. The van der Waals surface area contributed by atoms with E-state index in [4.69, 9.17) is 9.26 Å². The van der Waals surface area contributed by atoms with E-state index < -0.39 is 0 Å². The standard InChI is InChI=1S/C25H23N3O3/c1-3-28(17-23-26-24(27-31-23)20-13-15-22(30-2)16-14-20)25(29)21-11-9-19(10-12-21)18-7-5-4-6-8-18/h4-16H,3,17H2,1-2H3. The largest absolute Gasteiger partial charge is 0.497 e. The number of amides is 1. The molecule has 0 radical (unpaired) electrons. The van der Waals surface area contributed by atoms with E-state index in [2.05, 4.69) is 10.1 Å². The van der Waals surface area contributed by atoms with Crippen LogP contribution < -0.4 is 4.74 Å². The number of hydrogen-bond donors (Lipinski definition) is 0. The third-order valence-electron chi connectivity index (χ3n) is 5.05. The molecule has 31 heavy (non-hydrogen) atoms. The Kier molecular flexibility index (Phi) is 6.08. The SMILES string of the molecule is CCN(Cc1nc(-c2ccc(OC)cc2)no1)C(=O)c1ccc(-c2ccccc2)cc1. The first-order chi connectivity index (χ1) is 15.2. The van der Waals surface area contributed by atoms with Crippen molar-refractivity contribution in [1.82, 2.24) is 15.0 Å². The third kappa shape index (κ3) is 4.64. The topological polar surface area (TPSA) is 68.5 Å². The predicted molar refractivity (Wildman–Crippen MR) is 119 cm³/mol. The first-order valence-corrected chi connectivity index (χ1v) is 10.1. The van der Waals surface area contributed by atoms with Gasteiger partial charge in [0, 0.05) is 17.7 Å². The summed E-state index contributed by atoms with van der Waals surface area (Å²) in [7, 11) is 1.62. The van der Waals surface area contributed by atoms with Crippen LogP contribution in [0.15, 0.2) is 83.4 Å². The number of hydrogen-bond acceptors (Lipinski definition) is 5. The number of benzene rings is 3. The first kappa shape index (κ1) is 20.3. The molecule has 0 bridgehead atoms. The molecule has 156 valence electrons. The molecule has 0 spiro atoms. The van der Waals surface area contributed by atoms with Crippen molar-refractivity contribution >= 4 is 5.91 Å². The highest BCUT2D eigenvalue weighted by molar-refractivity contribution is 5.94. The van der Waals surface area contributed by atoms with Crippen LogP contribution in [0.2, 0.25) is 0 Å². The van der Waals surface area contributed by atoms with E-state index >= 15 is 0 Å². The van der Waals surface area contributed by atoms with Crippen LogP contribution in [0.1, 0.15) is 23.2 Å². The average molecular weight is 413 g/mol. The fraction of sp³-hybridized carbons (Fsp3) is 0.160. The smallest absolute Gasteiger partial charge is 0.254 e. The summed E-state index contributed by atoms with van der Waals surface area (Å²) in [4.78, 5) is 19.1. The molecule has 1 amide bonds. The van der Waals surface area contributed by atoms with E-state index in [0.717, 1.165) is 22.4 Å². The molecule has 1 heterocycles. The van der Waals surface area contributed by atoms with Crippen molar-refractivity contribution in [2.75, 3.05) is 13.7 Å². The lowest BCUT2D eigenvalue weighted by atomic mass is 10.0. The van der Waals surface area contributed by atoms with Crippen LogP contribution >= 0.6 is 0 Å². The molecular weight excluding hydrogens is 390 g/mol. The maximum Gasteiger partial charge on any atom is 0.254 e. The van der Waals surface area contributed by atoms with Gasteiger partial charge in [-0.2, -0.15) is 4.98 Å². The Labute approximate surface area is 181 Å². The van der Waals surface area contributed by atoms with Crippen LogP contribution in [0.3, 0.4) is 0 Å². The molecule has 0 N–H and O–H groups in total. The summed E-state index contributed by atoms with van der Waals surface area (Å²) < 4.78 is 10.6. The molecule has 0 aliphatic carbocycles. The molecule has 0 atom stereocenters. The third-order valence-corrected chi connectivity index (χ3v) is 5.05. The lowest BCUT2D eigenvalue weighted by Gasteiger charge is -2.19. The van der Waals surface area contributed by atoms with Crippen LogP contribution in [-0.4, -0.2) is 34.6 Å². The van der Waals surface area contributed by atoms with Gasteiger partial charge >= 0.3 is 0 Å².